The summed E-state index contributed by atoms with van der Waals surface area (Å²) >= 11 is 0. The van der Waals surface area contributed by atoms with Gasteiger partial charge in [-0.05, 0) is 37.5 Å². The molecule has 170 valence electrons. The van der Waals surface area contributed by atoms with Crippen molar-refractivity contribution in [3.8, 4) is 0 Å². The lowest BCUT2D eigenvalue weighted by molar-refractivity contribution is -0.163. The first-order chi connectivity index (χ1) is 14.0. The smallest absolute Gasteiger partial charge is 0.309 e. The predicted octanol–water partition coefficient (Wildman–Crippen LogP) is 6.70. The van der Waals surface area contributed by atoms with Crippen molar-refractivity contribution in [1.29, 1.82) is 0 Å². The van der Waals surface area contributed by atoms with Gasteiger partial charge in [0.1, 0.15) is 0 Å². The summed E-state index contributed by atoms with van der Waals surface area (Å²) in [5, 5.41) is 0. The summed E-state index contributed by atoms with van der Waals surface area (Å²) in [7, 11) is 0. The molecule has 1 fully saturated rings. The molecule has 0 bridgehead atoms. The molecule has 1 aliphatic carbocycles. The molecule has 0 aromatic carbocycles. The van der Waals surface area contributed by atoms with Crippen LogP contribution in [0.15, 0.2) is 0 Å². The molecule has 3 atom stereocenters. The summed E-state index contributed by atoms with van der Waals surface area (Å²) in [6, 6.07) is 0. The van der Waals surface area contributed by atoms with Gasteiger partial charge in [-0.3, -0.25) is 9.59 Å². The van der Waals surface area contributed by atoms with Gasteiger partial charge in [0.2, 0.25) is 0 Å². The number of esters is 2. The van der Waals surface area contributed by atoms with Gasteiger partial charge in [0.25, 0.3) is 0 Å². The summed E-state index contributed by atoms with van der Waals surface area (Å²) in [4.78, 5) is 25.3. The average Bonchev–Trinajstić information content (AvgIpc) is 2.72. The lowest BCUT2D eigenvalue weighted by atomic mass is 9.79. The SMILES string of the molecule is CCCCC(CC)COC(=O)C1CCCCC1C(=O)OCCCCCCC(C)C. The minimum absolute atomic E-state index is 0.185. The van der Waals surface area contributed by atoms with Gasteiger partial charge in [-0.25, -0.2) is 0 Å². The molecule has 0 saturated heterocycles. The molecule has 0 radical (unpaired) electrons. The highest BCUT2D eigenvalue weighted by Gasteiger charge is 2.38. The normalized spacial score (nSPS) is 20.4. The first-order valence-electron chi connectivity index (χ1n) is 12.3. The van der Waals surface area contributed by atoms with E-state index in [1.54, 1.807) is 0 Å². The van der Waals surface area contributed by atoms with Crippen LogP contribution in [-0.4, -0.2) is 25.2 Å². The van der Waals surface area contributed by atoms with E-state index in [9.17, 15) is 9.59 Å². The van der Waals surface area contributed by atoms with Crippen LogP contribution in [0.5, 0.6) is 0 Å². The number of unbranched alkanes of at least 4 members (excludes halogenated alkanes) is 4. The van der Waals surface area contributed by atoms with Crippen molar-refractivity contribution in [2.75, 3.05) is 13.2 Å². The van der Waals surface area contributed by atoms with Crippen molar-refractivity contribution in [2.24, 2.45) is 23.7 Å². The molecule has 0 N–H and O–H groups in total. The molecule has 0 aromatic heterocycles. The summed E-state index contributed by atoms with van der Waals surface area (Å²) in [6.07, 6.45) is 13.7. The van der Waals surface area contributed by atoms with E-state index < -0.39 is 0 Å². The van der Waals surface area contributed by atoms with Gasteiger partial charge in [-0.2, -0.15) is 0 Å². The van der Waals surface area contributed by atoms with Crippen LogP contribution in [0.25, 0.3) is 0 Å². The first kappa shape index (κ1) is 26.0. The van der Waals surface area contributed by atoms with E-state index in [1.807, 2.05) is 0 Å². The van der Waals surface area contributed by atoms with Crippen LogP contribution in [-0.2, 0) is 19.1 Å². The Morgan fingerprint density at radius 3 is 2.03 bits per heavy atom. The van der Waals surface area contributed by atoms with Gasteiger partial charge < -0.3 is 9.47 Å². The van der Waals surface area contributed by atoms with Gasteiger partial charge in [-0.1, -0.05) is 85.5 Å². The fourth-order valence-corrected chi connectivity index (χ4v) is 4.19. The molecule has 1 saturated carbocycles. The van der Waals surface area contributed by atoms with Crippen molar-refractivity contribution >= 4 is 11.9 Å². The van der Waals surface area contributed by atoms with E-state index in [0.29, 0.717) is 19.1 Å². The van der Waals surface area contributed by atoms with E-state index in [-0.39, 0.29) is 23.8 Å². The van der Waals surface area contributed by atoms with Crippen molar-refractivity contribution in [1.82, 2.24) is 0 Å². The predicted molar refractivity (Wildman–Crippen MR) is 119 cm³/mol. The zero-order chi connectivity index (χ0) is 21.5. The highest BCUT2D eigenvalue weighted by molar-refractivity contribution is 5.82. The lowest BCUT2D eigenvalue weighted by Crippen LogP contribution is -2.35. The Morgan fingerprint density at radius 1 is 0.828 bits per heavy atom. The maximum atomic E-state index is 12.7. The first-order valence-corrected chi connectivity index (χ1v) is 12.3. The Balaban J connectivity index is 2.36. The summed E-state index contributed by atoms with van der Waals surface area (Å²) < 4.78 is 11.2. The second-order valence-electron chi connectivity index (χ2n) is 9.31. The van der Waals surface area contributed by atoms with Crippen LogP contribution in [0.3, 0.4) is 0 Å². The van der Waals surface area contributed by atoms with E-state index in [2.05, 4.69) is 27.7 Å². The zero-order valence-corrected chi connectivity index (χ0v) is 19.5. The number of hydrogen-bond donors (Lipinski definition) is 0. The van der Waals surface area contributed by atoms with Gasteiger partial charge in [-0.15, -0.1) is 0 Å². The van der Waals surface area contributed by atoms with Crippen molar-refractivity contribution in [3.05, 3.63) is 0 Å². The number of hydrogen-bond acceptors (Lipinski definition) is 4. The summed E-state index contributed by atoms with van der Waals surface area (Å²) in [5.74, 6) is 0.194. The van der Waals surface area contributed by atoms with Crippen LogP contribution >= 0.6 is 0 Å². The molecule has 3 unspecified atom stereocenters. The third-order valence-corrected chi connectivity index (χ3v) is 6.30. The number of ether oxygens (including phenoxy) is 2. The molecule has 4 heteroatoms. The third-order valence-electron chi connectivity index (χ3n) is 6.30. The third kappa shape index (κ3) is 11.1. The molecule has 4 nitrogen and oxygen atoms in total. The van der Waals surface area contributed by atoms with Crippen molar-refractivity contribution in [2.45, 2.75) is 111 Å². The van der Waals surface area contributed by atoms with Gasteiger partial charge >= 0.3 is 11.9 Å². The van der Waals surface area contributed by atoms with Crippen LogP contribution < -0.4 is 0 Å². The van der Waals surface area contributed by atoms with Crippen LogP contribution in [0.1, 0.15) is 111 Å². The molecule has 0 spiro atoms. The molecule has 1 rings (SSSR count). The molecular weight excluding hydrogens is 364 g/mol. The molecule has 0 amide bonds. The zero-order valence-electron chi connectivity index (χ0n) is 19.5. The Hall–Kier alpha value is -1.06. The second-order valence-corrected chi connectivity index (χ2v) is 9.31. The molecule has 0 aromatic rings. The second kappa shape index (κ2) is 15.7. The highest BCUT2D eigenvalue weighted by atomic mass is 16.5. The fraction of sp³-hybridized carbons (Fsp3) is 0.920. The molecular formula is C25H46O4. The van der Waals surface area contributed by atoms with E-state index in [1.165, 1.54) is 32.1 Å². The number of carbonyl (C=O) groups is 2. The van der Waals surface area contributed by atoms with E-state index in [4.69, 9.17) is 9.47 Å². The van der Waals surface area contributed by atoms with Crippen LogP contribution in [0.2, 0.25) is 0 Å². The van der Waals surface area contributed by atoms with E-state index >= 15 is 0 Å². The monoisotopic (exact) mass is 410 g/mol. The number of rotatable bonds is 15. The van der Waals surface area contributed by atoms with Crippen LogP contribution in [0.4, 0.5) is 0 Å². The standard InChI is InChI=1S/C25H46O4/c1-5-7-15-21(6-2)19-29-25(27)23-17-12-11-16-22(23)24(26)28-18-13-9-8-10-14-20(3)4/h20-23H,5-19H2,1-4H3. The quantitative estimate of drug-likeness (QED) is 0.222. The minimum atomic E-state index is -0.314. The number of carbonyl (C=O) groups excluding carboxylic acids is 2. The van der Waals surface area contributed by atoms with Crippen molar-refractivity contribution in [3.63, 3.8) is 0 Å². The highest BCUT2D eigenvalue weighted by Crippen LogP contribution is 2.32. The van der Waals surface area contributed by atoms with Gasteiger partial charge in [0.05, 0.1) is 25.0 Å². The van der Waals surface area contributed by atoms with Gasteiger partial charge in [0, 0.05) is 0 Å². The Kier molecular flexibility index (Phi) is 14.1. The van der Waals surface area contributed by atoms with Crippen LogP contribution in [0, 0.1) is 23.7 Å². The molecule has 29 heavy (non-hydrogen) atoms. The molecule has 1 aliphatic rings. The Morgan fingerprint density at radius 2 is 1.45 bits per heavy atom. The van der Waals surface area contributed by atoms with Crippen molar-refractivity contribution < 1.29 is 19.1 Å². The maximum Gasteiger partial charge on any atom is 0.309 e. The largest absolute Gasteiger partial charge is 0.465 e. The Labute approximate surface area is 179 Å². The molecule has 0 heterocycles. The summed E-state index contributed by atoms with van der Waals surface area (Å²) in [6.45, 7) is 9.81. The fourth-order valence-electron chi connectivity index (χ4n) is 4.19. The lowest BCUT2D eigenvalue weighted by Gasteiger charge is -2.29. The topological polar surface area (TPSA) is 52.6 Å². The van der Waals surface area contributed by atoms with E-state index in [0.717, 1.165) is 57.3 Å². The maximum absolute atomic E-state index is 12.7. The minimum Gasteiger partial charge on any atom is -0.465 e. The summed E-state index contributed by atoms with van der Waals surface area (Å²) in [5.41, 5.74) is 0. The molecule has 0 aliphatic heterocycles. The Bertz CT molecular complexity index is 446. The van der Waals surface area contributed by atoms with Gasteiger partial charge in [0.15, 0.2) is 0 Å². The average molecular weight is 411 g/mol.